The number of carboxylic acid groups (broad SMARTS) is 1. The van der Waals surface area contributed by atoms with Crippen LogP contribution in [0.5, 0.6) is 5.75 Å². The van der Waals surface area contributed by atoms with Crippen LogP contribution in [0.3, 0.4) is 0 Å². The first-order valence-corrected chi connectivity index (χ1v) is 7.89. The van der Waals surface area contributed by atoms with E-state index in [0.717, 1.165) is 57.7 Å². The van der Waals surface area contributed by atoms with Gasteiger partial charge in [0.15, 0.2) is 0 Å². The highest BCUT2D eigenvalue weighted by molar-refractivity contribution is 5.67. The predicted molar refractivity (Wildman–Crippen MR) is 80.8 cm³/mol. The van der Waals surface area contributed by atoms with E-state index in [1.165, 1.54) is 11.1 Å². The highest BCUT2D eigenvalue weighted by Gasteiger charge is 2.21. The summed E-state index contributed by atoms with van der Waals surface area (Å²) >= 11 is 0. The molecule has 1 aromatic rings. The van der Waals surface area contributed by atoms with Crippen molar-refractivity contribution in [2.24, 2.45) is 5.92 Å². The summed E-state index contributed by atoms with van der Waals surface area (Å²) < 4.78 is 5.53. The lowest BCUT2D eigenvalue weighted by Crippen LogP contribution is -2.37. The third-order valence-corrected chi connectivity index (χ3v) is 4.54. The average Bonchev–Trinajstić information content (AvgIpc) is 2.92. The Balaban J connectivity index is 1.51. The van der Waals surface area contributed by atoms with Crippen LogP contribution < -0.4 is 4.74 Å². The third kappa shape index (κ3) is 3.76. The molecular weight excluding hydrogens is 266 g/mol. The highest BCUT2D eigenvalue weighted by atomic mass is 16.5. The molecule has 4 nitrogen and oxygen atoms in total. The van der Waals surface area contributed by atoms with Gasteiger partial charge in [-0.25, -0.2) is 0 Å². The summed E-state index contributed by atoms with van der Waals surface area (Å²) in [5.74, 6) is 0.698. The molecule has 1 unspecified atom stereocenters. The molecule has 0 aromatic heterocycles. The molecule has 1 N–H and O–H groups in total. The molecule has 0 spiro atoms. The van der Waals surface area contributed by atoms with Crippen LogP contribution in [0, 0.1) is 5.92 Å². The Morgan fingerprint density at radius 3 is 3.19 bits per heavy atom. The van der Waals surface area contributed by atoms with Crippen molar-refractivity contribution in [2.75, 3.05) is 26.2 Å². The van der Waals surface area contributed by atoms with Crippen LogP contribution in [0.4, 0.5) is 0 Å². The Kier molecular flexibility index (Phi) is 4.44. The van der Waals surface area contributed by atoms with Crippen molar-refractivity contribution in [1.29, 1.82) is 0 Å². The van der Waals surface area contributed by atoms with E-state index in [1.807, 2.05) is 0 Å². The van der Waals surface area contributed by atoms with Crippen molar-refractivity contribution in [1.82, 2.24) is 4.90 Å². The summed E-state index contributed by atoms with van der Waals surface area (Å²) in [5, 5.41) is 8.92. The molecule has 2 aliphatic heterocycles. The van der Waals surface area contributed by atoms with Gasteiger partial charge in [-0.15, -0.1) is 0 Å². The lowest BCUT2D eigenvalue weighted by Gasteiger charge is -2.32. The zero-order valence-corrected chi connectivity index (χ0v) is 12.4. The van der Waals surface area contributed by atoms with E-state index in [4.69, 9.17) is 9.84 Å². The average molecular weight is 289 g/mol. The van der Waals surface area contributed by atoms with Gasteiger partial charge < -0.3 is 14.7 Å². The first-order valence-electron chi connectivity index (χ1n) is 7.89. The van der Waals surface area contributed by atoms with Crippen molar-refractivity contribution in [3.63, 3.8) is 0 Å². The quantitative estimate of drug-likeness (QED) is 0.904. The fraction of sp³-hybridized carbons (Fsp3) is 0.588. The summed E-state index contributed by atoms with van der Waals surface area (Å²) in [6.45, 7) is 3.86. The lowest BCUT2D eigenvalue weighted by atomic mass is 9.94. The van der Waals surface area contributed by atoms with Gasteiger partial charge in [0.25, 0.3) is 0 Å². The number of aliphatic carboxylic acids is 1. The molecule has 1 fully saturated rings. The predicted octanol–water partition coefficient (Wildman–Crippen LogP) is 2.35. The van der Waals surface area contributed by atoms with Gasteiger partial charge in [0.2, 0.25) is 0 Å². The van der Waals surface area contributed by atoms with Crippen molar-refractivity contribution < 1.29 is 14.6 Å². The van der Waals surface area contributed by atoms with Gasteiger partial charge in [-0.3, -0.25) is 4.79 Å². The second kappa shape index (κ2) is 6.48. The standard InChI is InChI=1S/C17H23NO3/c19-17(20)11-14-2-1-7-18(12-14)8-5-13-3-4-16-15(10-13)6-9-21-16/h3-4,10,14H,1-2,5-9,11-12H2,(H,19,20). The summed E-state index contributed by atoms with van der Waals surface area (Å²) in [6, 6.07) is 6.50. The second-order valence-electron chi connectivity index (χ2n) is 6.20. The van der Waals surface area contributed by atoms with E-state index in [1.54, 1.807) is 0 Å². The third-order valence-electron chi connectivity index (χ3n) is 4.54. The molecule has 1 saturated heterocycles. The number of hydrogen-bond donors (Lipinski definition) is 1. The van der Waals surface area contributed by atoms with E-state index in [-0.39, 0.29) is 0 Å². The molecule has 0 aliphatic carbocycles. The molecule has 1 aromatic carbocycles. The number of likely N-dealkylation sites (tertiary alicyclic amines) is 1. The number of piperidine rings is 1. The summed E-state index contributed by atoms with van der Waals surface area (Å²) in [4.78, 5) is 13.2. The van der Waals surface area contributed by atoms with Gasteiger partial charge in [-0.1, -0.05) is 12.1 Å². The minimum atomic E-state index is -0.666. The van der Waals surface area contributed by atoms with Crippen LogP contribution in [-0.2, 0) is 17.6 Å². The number of hydrogen-bond acceptors (Lipinski definition) is 3. The molecule has 0 radical (unpaired) electrons. The number of fused-ring (bicyclic) bond motifs is 1. The molecule has 4 heteroatoms. The smallest absolute Gasteiger partial charge is 0.303 e. The lowest BCUT2D eigenvalue weighted by molar-refractivity contribution is -0.138. The van der Waals surface area contributed by atoms with Gasteiger partial charge >= 0.3 is 5.97 Å². The largest absolute Gasteiger partial charge is 0.493 e. The Labute approximate surface area is 125 Å². The zero-order valence-electron chi connectivity index (χ0n) is 12.4. The highest BCUT2D eigenvalue weighted by Crippen LogP contribution is 2.26. The van der Waals surface area contributed by atoms with E-state index < -0.39 is 5.97 Å². The number of benzene rings is 1. The van der Waals surface area contributed by atoms with E-state index in [9.17, 15) is 4.79 Å². The minimum absolute atomic E-state index is 0.312. The maximum Gasteiger partial charge on any atom is 0.303 e. The van der Waals surface area contributed by atoms with Crippen molar-refractivity contribution in [2.45, 2.75) is 32.1 Å². The molecule has 2 aliphatic rings. The van der Waals surface area contributed by atoms with Gasteiger partial charge in [0, 0.05) is 25.9 Å². The molecule has 2 heterocycles. The molecule has 0 amide bonds. The summed E-state index contributed by atoms with van der Waals surface area (Å²) in [7, 11) is 0. The number of carboxylic acids is 1. The van der Waals surface area contributed by atoms with E-state index >= 15 is 0 Å². The first-order chi connectivity index (χ1) is 10.2. The Hall–Kier alpha value is -1.55. The van der Waals surface area contributed by atoms with Gasteiger partial charge in [0.1, 0.15) is 5.75 Å². The van der Waals surface area contributed by atoms with Crippen molar-refractivity contribution in [3.05, 3.63) is 29.3 Å². The van der Waals surface area contributed by atoms with Gasteiger partial charge in [0.05, 0.1) is 6.61 Å². The molecule has 3 rings (SSSR count). The number of ether oxygens (including phenoxy) is 1. The first kappa shape index (κ1) is 14.4. The molecule has 0 saturated carbocycles. The molecule has 21 heavy (non-hydrogen) atoms. The fourth-order valence-electron chi connectivity index (χ4n) is 3.45. The van der Waals surface area contributed by atoms with E-state index in [2.05, 4.69) is 23.1 Å². The molecule has 0 bridgehead atoms. The number of carbonyl (C=O) groups is 1. The Bertz CT molecular complexity index is 515. The van der Waals surface area contributed by atoms with Crippen molar-refractivity contribution >= 4 is 5.97 Å². The van der Waals surface area contributed by atoms with Crippen LogP contribution in [0.2, 0.25) is 0 Å². The van der Waals surface area contributed by atoms with Crippen LogP contribution in [-0.4, -0.2) is 42.2 Å². The molecule has 114 valence electrons. The molecular formula is C17H23NO3. The fourth-order valence-corrected chi connectivity index (χ4v) is 3.45. The van der Waals surface area contributed by atoms with Crippen LogP contribution in [0.1, 0.15) is 30.4 Å². The maximum absolute atomic E-state index is 10.8. The van der Waals surface area contributed by atoms with Gasteiger partial charge in [-0.2, -0.15) is 0 Å². The number of rotatable bonds is 5. The SMILES string of the molecule is O=C(O)CC1CCCN(CCc2ccc3c(c2)CCO3)C1. The van der Waals surface area contributed by atoms with Crippen LogP contribution in [0.25, 0.3) is 0 Å². The summed E-state index contributed by atoms with van der Waals surface area (Å²) in [5.41, 5.74) is 2.69. The maximum atomic E-state index is 10.8. The normalized spacial score (nSPS) is 21.8. The topological polar surface area (TPSA) is 49.8 Å². The van der Waals surface area contributed by atoms with Crippen molar-refractivity contribution in [3.8, 4) is 5.75 Å². The van der Waals surface area contributed by atoms with Crippen LogP contribution in [0.15, 0.2) is 18.2 Å². The van der Waals surface area contributed by atoms with E-state index in [0.29, 0.717) is 12.3 Å². The zero-order chi connectivity index (χ0) is 14.7. The summed E-state index contributed by atoms with van der Waals surface area (Å²) in [6.07, 6.45) is 4.54. The molecule has 1 atom stereocenters. The monoisotopic (exact) mass is 289 g/mol. The minimum Gasteiger partial charge on any atom is -0.493 e. The Morgan fingerprint density at radius 1 is 1.43 bits per heavy atom. The number of nitrogens with zero attached hydrogens (tertiary/aromatic N) is 1. The van der Waals surface area contributed by atoms with Gasteiger partial charge in [-0.05, 0) is 48.9 Å². The second-order valence-corrected chi connectivity index (χ2v) is 6.20. The van der Waals surface area contributed by atoms with Crippen LogP contribution >= 0.6 is 0 Å². The Morgan fingerprint density at radius 2 is 2.33 bits per heavy atom.